The molecule has 0 heterocycles. The first kappa shape index (κ1) is 11.1. The third kappa shape index (κ3) is 8.04. The minimum Gasteiger partial charge on any atom is -0.421 e. The summed E-state index contributed by atoms with van der Waals surface area (Å²) in [4.78, 5) is 0. The van der Waals surface area contributed by atoms with Gasteiger partial charge in [-0.1, -0.05) is 6.92 Å². The topological polar surface area (TPSA) is 21.3 Å². The maximum atomic E-state index is 4.98. The van der Waals surface area contributed by atoms with Gasteiger partial charge in [0.1, 0.15) is 0 Å². The molecule has 0 rings (SSSR count). The van der Waals surface area contributed by atoms with Crippen LogP contribution in [0.1, 0.15) is 26.7 Å². The predicted octanol–water partition coefficient (Wildman–Crippen LogP) is 1.45. The van der Waals surface area contributed by atoms with Crippen molar-refractivity contribution in [3.05, 3.63) is 0 Å². The van der Waals surface area contributed by atoms with Crippen LogP contribution in [0.5, 0.6) is 0 Å². The van der Waals surface area contributed by atoms with Gasteiger partial charge >= 0.3 is 0 Å². The molecule has 1 atom stereocenters. The van der Waals surface area contributed by atoms with Gasteiger partial charge < -0.3 is 9.74 Å². The monoisotopic (exact) mass is 173 g/mol. The van der Waals surface area contributed by atoms with Gasteiger partial charge in [-0.2, -0.15) is 0 Å². The molecule has 0 saturated carbocycles. The van der Waals surface area contributed by atoms with E-state index in [9.17, 15) is 0 Å². The summed E-state index contributed by atoms with van der Waals surface area (Å²) in [5.41, 5.74) is 0. The standard InChI is InChI=1S/C8H19NOSi/c1-4-8(2)9-6-5-7-11-10-3/h8-9H,4-7H2,1-3H3. The van der Waals surface area contributed by atoms with Gasteiger partial charge in [0.25, 0.3) is 0 Å². The van der Waals surface area contributed by atoms with Crippen LogP contribution < -0.4 is 5.32 Å². The van der Waals surface area contributed by atoms with Gasteiger partial charge in [0.2, 0.25) is 9.76 Å². The van der Waals surface area contributed by atoms with E-state index in [0.29, 0.717) is 15.8 Å². The Morgan fingerprint density at radius 1 is 1.55 bits per heavy atom. The number of hydrogen-bond acceptors (Lipinski definition) is 2. The van der Waals surface area contributed by atoms with E-state index in [0.717, 1.165) is 6.54 Å². The van der Waals surface area contributed by atoms with E-state index < -0.39 is 0 Å². The lowest BCUT2D eigenvalue weighted by Gasteiger charge is -2.09. The molecule has 2 radical (unpaired) electrons. The molecule has 0 aromatic rings. The van der Waals surface area contributed by atoms with Crippen molar-refractivity contribution in [2.75, 3.05) is 13.7 Å². The zero-order valence-electron chi connectivity index (χ0n) is 7.81. The Balaban J connectivity index is 2.89. The average Bonchev–Trinajstić information content (AvgIpc) is 2.04. The molecule has 0 bridgehead atoms. The van der Waals surface area contributed by atoms with E-state index in [1.807, 2.05) is 0 Å². The molecule has 1 unspecified atom stereocenters. The van der Waals surface area contributed by atoms with Crippen molar-refractivity contribution >= 4 is 9.76 Å². The van der Waals surface area contributed by atoms with Crippen LogP contribution >= 0.6 is 0 Å². The first-order valence-corrected chi connectivity index (χ1v) is 5.42. The second kappa shape index (κ2) is 8.24. The van der Waals surface area contributed by atoms with E-state index in [2.05, 4.69) is 19.2 Å². The van der Waals surface area contributed by atoms with Crippen LogP contribution in [0.2, 0.25) is 6.04 Å². The van der Waals surface area contributed by atoms with E-state index >= 15 is 0 Å². The van der Waals surface area contributed by atoms with Gasteiger partial charge in [-0.25, -0.2) is 0 Å². The molecule has 0 fully saturated rings. The summed E-state index contributed by atoms with van der Waals surface area (Å²) in [5.74, 6) is 0. The smallest absolute Gasteiger partial charge is 0.229 e. The van der Waals surface area contributed by atoms with Gasteiger partial charge in [0.15, 0.2) is 0 Å². The highest BCUT2D eigenvalue weighted by Crippen LogP contribution is 1.90. The zero-order chi connectivity index (χ0) is 8.53. The second-order valence-electron chi connectivity index (χ2n) is 2.72. The Morgan fingerprint density at radius 3 is 2.82 bits per heavy atom. The second-order valence-corrected chi connectivity index (χ2v) is 3.91. The lowest BCUT2D eigenvalue weighted by molar-refractivity contribution is 0.437. The highest BCUT2D eigenvalue weighted by Gasteiger charge is 1.95. The molecule has 66 valence electrons. The van der Waals surface area contributed by atoms with Crippen LogP contribution in [0.4, 0.5) is 0 Å². The van der Waals surface area contributed by atoms with Crippen molar-refractivity contribution in [2.24, 2.45) is 0 Å². The Hall–Kier alpha value is 0.137. The number of hydrogen-bond donors (Lipinski definition) is 1. The summed E-state index contributed by atoms with van der Waals surface area (Å²) in [5, 5.41) is 3.44. The molecule has 0 aliphatic carbocycles. The van der Waals surface area contributed by atoms with Crippen LogP contribution in [-0.4, -0.2) is 29.5 Å². The molecule has 1 N–H and O–H groups in total. The minimum absolute atomic E-state index is 0.667. The molecular weight excluding hydrogens is 154 g/mol. The zero-order valence-corrected chi connectivity index (χ0v) is 8.81. The summed E-state index contributed by atoms with van der Waals surface area (Å²) in [6, 6.07) is 1.86. The van der Waals surface area contributed by atoms with Gasteiger partial charge in [-0.3, -0.25) is 0 Å². The summed E-state index contributed by atoms with van der Waals surface area (Å²) in [7, 11) is 2.44. The Morgan fingerprint density at radius 2 is 2.27 bits per heavy atom. The van der Waals surface area contributed by atoms with Crippen molar-refractivity contribution in [3.63, 3.8) is 0 Å². The third-order valence-corrected chi connectivity index (χ3v) is 2.55. The number of nitrogens with one attached hydrogen (secondary N) is 1. The Kier molecular flexibility index (Phi) is 8.34. The normalized spacial score (nSPS) is 13.4. The van der Waals surface area contributed by atoms with Crippen molar-refractivity contribution < 1.29 is 4.43 Å². The molecular formula is C8H19NOSi. The summed E-state index contributed by atoms with van der Waals surface area (Å²) >= 11 is 0. The SMILES string of the molecule is CCC(C)NCCC[Si]OC. The van der Waals surface area contributed by atoms with E-state index in [1.165, 1.54) is 18.9 Å². The highest BCUT2D eigenvalue weighted by molar-refractivity contribution is 6.26. The van der Waals surface area contributed by atoms with Crippen LogP contribution in [0.15, 0.2) is 0 Å². The lowest BCUT2D eigenvalue weighted by atomic mass is 10.2. The molecule has 0 saturated heterocycles. The average molecular weight is 173 g/mol. The summed E-state index contributed by atoms with van der Waals surface area (Å²) in [6.07, 6.45) is 2.45. The van der Waals surface area contributed by atoms with Crippen molar-refractivity contribution in [1.82, 2.24) is 5.32 Å². The van der Waals surface area contributed by atoms with E-state index in [4.69, 9.17) is 4.43 Å². The highest BCUT2D eigenvalue weighted by atomic mass is 28.2. The third-order valence-electron chi connectivity index (χ3n) is 1.71. The lowest BCUT2D eigenvalue weighted by Crippen LogP contribution is -2.26. The molecule has 0 aliphatic heterocycles. The quantitative estimate of drug-likeness (QED) is 0.465. The van der Waals surface area contributed by atoms with E-state index in [-0.39, 0.29) is 0 Å². The maximum Gasteiger partial charge on any atom is 0.229 e. The Labute approximate surface area is 72.7 Å². The fraction of sp³-hybridized carbons (Fsp3) is 1.00. The molecule has 11 heavy (non-hydrogen) atoms. The van der Waals surface area contributed by atoms with Crippen molar-refractivity contribution in [3.8, 4) is 0 Å². The van der Waals surface area contributed by atoms with Crippen LogP contribution in [0.3, 0.4) is 0 Å². The predicted molar refractivity (Wildman–Crippen MR) is 49.9 cm³/mol. The van der Waals surface area contributed by atoms with Crippen LogP contribution in [-0.2, 0) is 4.43 Å². The molecule has 0 aromatic heterocycles. The van der Waals surface area contributed by atoms with Gasteiger partial charge in [-0.15, -0.1) is 0 Å². The minimum atomic E-state index is 0.667. The van der Waals surface area contributed by atoms with Crippen LogP contribution in [0.25, 0.3) is 0 Å². The molecule has 3 heteroatoms. The van der Waals surface area contributed by atoms with Crippen molar-refractivity contribution in [2.45, 2.75) is 38.8 Å². The van der Waals surface area contributed by atoms with E-state index in [1.54, 1.807) is 7.11 Å². The Bertz CT molecular complexity index is 80.5. The van der Waals surface area contributed by atoms with Gasteiger partial charge in [-0.05, 0) is 32.4 Å². The number of rotatable bonds is 7. The van der Waals surface area contributed by atoms with Gasteiger partial charge in [0.05, 0.1) is 0 Å². The largest absolute Gasteiger partial charge is 0.421 e. The molecule has 0 aromatic carbocycles. The first-order valence-electron chi connectivity index (χ1n) is 4.30. The first-order chi connectivity index (χ1) is 5.31. The maximum absolute atomic E-state index is 4.98. The van der Waals surface area contributed by atoms with Crippen molar-refractivity contribution in [1.29, 1.82) is 0 Å². The molecule has 0 aliphatic rings. The molecule has 2 nitrogen and oxygen atoms in total. The van der Waals surface area contributed by atoms with Gasteiger partial charge in [0, 0.05) is 13.2 Å². The molecule has 0 spiro atoms. The fourth-order valence-electron chi connectivity index (χ4n) is 0.755. The summed E-state index contributed by atoms with van der Waals surface area (Å²) in [6.45, 7) is 5.55. The van der Waals surface area contributed by atoms with Crippen LogP contribution in [0, 0.1) is 0 Å². The molecule has 0 amide bonds. The fourth-order valence-corrected chi connectivity index (χ4v) is 1.28. The summed E-state index contributed by atoms with van der Waals surface area (Å²) < 4.78 is 4.98.